The summed E-state index contributed by atoms with van der Waals surface area (Å²) in [5, 5.41) is 5.28. The summed E-state index contributed by atoms with van der Waals surface area (Å²) in [7, 11) is -3.68. The molecule has 0 unspecified atom stereocenters. The van der Waals surface area contributed by atoms with Gasteiger partial charge in [0.05, 0.1) is 4.90 Å². The molecule has 4 heteroatoms. The maximum absolute atomic E-state index is 11.6. The third kappa shape index (κ3) is 3.46. The quantitative estimate of drug-likeness (QED) is 0.920. The maximum atomic E-state index is 11.6. The zero-order valence-corrected chi connectivity index (χ0v) is 12.4. The summed E-state index contributed by atoms with van der Waals surface area (Å²) in [6.07, 6.45) is 2.64. The lowest BCUT2D eigenvalue weighted by atomic mass is 9.97. The van der Waals surface area contributed by atoms with Crippen LogP contribution in [0.25, 0.3) is 0 Å². The van der Waals surface area contributed by atoms with E-state index in [0.717, 1.165) is 24.0 Å². The van der Waals surface area contributed by atoms with Gasteiger partial charge in [-0.15, -0.1) is 0 Å². The molecule has 0 aromatic heterocycles. The van der Waals surface area contributed by atoms with Crippen molar-refractivity contribution < 1.29 is 8.42 Å². The van der Waals surface area contributed by atoms with E-state index in [1.807, 2.05) is 30.3 Å². The monoisotopic (exact) mass is 289 g/mol. The summed E-state index contributed by atoms with van der Waals surface area (Å²) in [6.45, 7) is 2.13. The van der Waals surface area contributed by atoms with Crippen LogP contribution in [-0.2, 0) is 22.9 Å². The first kappa shape index (κ1) is 14.8. The first-order valence-electron chi connectivity index (χ1n) is 6.70. The molecular formula is C16H19NO2S. The highest BCUT2D eigenvalue weighted by molar-refractivity contribution is 7.89. The zero-order valence-electron chi connectivity index (χ0n) is 11.5. The molecule has 0 aliphatic rings. The molecule has 106 valence electrons. The van der Waals surface area contributed by atoms with Crippen molar-refractivity contribution in [3.63, 3.8) is 0 Å². The van der Waals surface area contributed by atoms with Crippen molar-refractivity contribution in [2.45, 2.75) is 31.1 Å². The number of nitrogens with two attached hydrogens (primary N) is 1. The molecule has 2 aromatic carbocycles. The van der Waals surface area contributed by atoms with Crippen LogP contribution in [0.4, 0.5) is 0 Å². The molecule has 0 spiro atoms. The van der Waals surface area contributed by atoms with Crippen molar-refractivity contribution in [1.82, 2.24) is 0 Å². The van der Waals surface area contributed by atoms with Crippen LogP contribution >= 0.6 is 0 Å². The van der Waals surface area contributed by atoms with Gasteiger partial charge in [-0.25, -0.2) is 13.6 Å². The minimum atomic E-state index is -3.68. The largest absolute Gasteiger partial charge is 0.238 e. The molecule has 0 radical (unpaired) electrons. The highest BCUT2D eigenvalue weighted by Gasteiger charge is 2.14. The van der Waals surface area contributed by atoms with Crippen molar-refractivity contribution in [1.29, 1.82) is 0 Å². The minimum Gasteiger partial charge on any atom is -0.225 e. The lowest BCUT2D eigenvalue weighted by molar-refractivity contribution is 0.597. The number of sulfonamides is 1. The normalized spacial score (nSPS) is 11.5. The van der Waals surface area contributed by atoms with Crippen LogP contribution in [0.2, 0.25) is 0 Å². The van der Waals surface area contributed by atoms with E-state index in [1.165, 1.54) is 5.56 Å². The molecule has 0 aliphatic heterocycles. The van der Waals surface area contributed by atoms with Crippen molar-refractivity contribution >= 4 is 10.0 Å². The van der Waals surface area contributed by atoms with Crippen LogP contribution in [0.1, 0.15) is 30.0 Å². The molecule has 0 fully saturated rings. The third-order valence-corrected chi connectivity index (χ3v) is 4.31. The van der Waals surface area contributed by atoms with Gasteiger partial charge >= 0.3 is 0 Å². The van der Waals surface area contributed by atoms with Crippen LogP contribution in [0.15, 0.2) is 53.4 Å². The van der Waals surface area contributed by atoms with Gasteiger partial charge in [0.25, 0.3) is 0 Å². The zero-order chi connectivity index (χ0) is 14.6. The number of rotatable bonds is 5. The molecular weight excluding hydrogens is 270 g/mol. The second kappa shape index (κ2) is 6.20. The first-order chi connectivity index (χ1) is 9.52. The number of aryl methyl sites for hydroxylation is 1. The highest BCUT2D eigenvalue weighted by Crippen LogP contribution is 2.20. The van der Waals surface area contributed by atoms with Crippen LogP contribution in [0, 0.1) is 0 Å². The molecule has 2 aromatic rings. The molecule has 3 nitrogen and oxygen atoms in total. The Labute approximate surface area is 120 Å². The highest BCUT2D eigenvalue weighted by atomic mass is 32.2. The van der Waals surface area contributed by atoms with Gasteiger partial charge in [0.1, 0.15) is 0 Å². The Balaban J connectivity index is 2.41. The average molecular weight is 289 g/mol. The summed E-state index contributed by atoms with van der Waals surface area (Å²) in [5.74, 6) is 0. The summed E-state index contributed by atoms with van der Waals surface area (Å²) in [4.78, 5) is 0.214. The summed E-state index contributed by atoms with van der Waals surface area (Å²) in [5.41, 5.74) is 3.17. The number of hydrogen-bond donors (Lipinski definition) is 1. The van der Waals surface area contributed by atoms with Gasteiger partial charge in [0.2, 0.25) is 10.0 Å². The number of primary sulfonamides is 1. The molecule has 0 saturated heterocycles. The van der Waals surface area contributed by atoms with Gasteiger partial charge in [-0.2, -0.15) is 0 Å². The Morgan fingerprint density at radius 2 is 1.45 bits per heavy atom. The van der Waals surface area contributed by atoms with Gasteiger partial charge in [-0.05, 0) is 35.6 Å². The van der Waals surface area contributed by atoms with E-state index in [-0.39, 0.29) is 4.90 Å². The fourth-order valence-electron chi connectivity index (χ4n) is 2.38. The Bertz CT molecular complexity index is 693. The fraction of sp³-hybridized carbons (Fsp3) is 0.250. The van der Waals surface area contributed by atoms with Crippen molar-refractivity contribution in [3.8, 4) is 0 Å². The maximum Gasteiger partial charge on any atom is 0.238 e. The molecule has 0 amide bonds. The first-order valence-corrected chi connectivity index (χ1v) is 8.24. The topological polar surface area (TPSA) is 60.2 Å². The standard InChI is InChI=1S/C16H19NO2S/c1-2-7-13-8-3-4-9-14(13)12-15-10-5-6-11-16(15)20(17,18)19/h3-6,8-11H,2,7,12H2,1H3,(H2,17,18,19). The lowest BCUT2D eigenvalue weighted by Gasteiger charge is -2.11. The predicted molar refractivity (Wildman–Crippen MR) is 81.1 cm³/mol. The van der Waals surface area contributed by atoms with E-state index in [1.54, 1.807) is 12.1 Å². The lowest BCUT2D eigenvalue weighted by Crippen LogP contribution is -2.14. The van der Waals surface area contributed by atoms with E-state index in [9.17, 15) is 8.42 Å². The summed E-state index contributed by atoms with van der Waals surface area (Å²) in [6, 6.07) is 15.1. The second-order valence-corrected chi connectivity index (χ2v) is 6.38. The van der Waals surface area contributed by atoms with Gasteiger partial charge in [-0.1, -0.05) is 55.8 Å². The number of benzene rings is 2. The fourth-order valence-corrected chi connectivity index (χ4v) is 3.15. The average Bonchev–Trinajstić information content (AvgIpc) is 2.41. The summed E-state index contributed by atoms with van der Waals surface area (Å²) >= 11 is 0. The van der Waals surface area contributed by atoms with Crippen LogP contribution < -0.4 is 5.14 Å². The second-order valence-electron chi connectivity index (χ2n) is 4.85. The van der Waals surface area contributed by atoms with Crippen LogP contribution in [-0.4, -0.2) is 8.42 Å². The van der Waals surface area contributed by atoms with Gasteiger partial charge in [0, 0.05) is 0 Å². The predicted octanol–water partition coefficient (Wildman–Crippen LogP) is 2.88. The van der Waals surface area contributed by atoms with Crippen molar-refractivity contribution in [3.05, 3.63) is 65.2 Å². The molecule has 2 rings (SSSR count). The van der Waals surface area contributed by atoms with Crippen molar-refractivity contribution in [2.24, 2.45) is 5.14 Å². The number of hydrogen-bond acceptors (Lipinski definition) is 2. The van der Waals surface area contributed by atoms with Crippen LogP contribution in [0.3, 0.4) is 0 Å². The van der Waals surface area contributed by atoms with Crippen molar-refractivity contribution in [2.75, 3.05) is 0 Å². The molecule has 0 heterocycles. The third-order valence-electron chi connectivity index (χ3n) is 3.30. The van der Waals surface area contributed by atoms with E-state index in [0.29, 0.717) is 6.42 Å². The smallest absolute Gasteiger partial charge is 0.225 e. The SMILES string of the molecule is CCCc1ccccc1Cc1ccccc1S(N)(=O)=O. The Morgan fingerprint density at radius 1 is 0.900 bits per heavy atom. The van der Waals surface area contributed by atoms with Crippen LogP contribution in [0.5, 0.6) is 0 Å². The van der Waals surface area contributed by atoms with Gasteiger partial charge in [0.15, 0.2) is 0 Å². The molecule has 0 bridgehead atoms. The minimum absolute atomic E-state index is 0.214. The molecule has 20 heavy (non-hydrogen) atoms. The molecule has 2 N–H and O–H groups in total. The molecule has 0 atom stereocenters. The van der Waals surface area contributed by atoms with E-state index >= 15 is 0 Å². The van der Waals surface area contributed by atoms with E-state index in [2.05, 4.69) is 13.0 Å². The van der Waals surface area contributed by atoms with E-state index in [4.69, 9.17) is 5.14 Å². The summed E-state index contributed by atoms with van der Waals surface area (Å²) < 4.78 is 23.3. The Hall–Kier alpha value is -1.65. The molecule has 0 aliphatic carbocycles. The Morgan fingerprint density at radius 3 is 2.05 bits per heavy atom. The molecule has 0 saturated carbocycles. The van der Waals surface area contributed by atoms with E-state index < -0.39 is 10.0 Å². The Kier molecular flexibility index (Phi) is 4.57. The van der Waals surface area contributed by atoms with Gasteiger partial charge in [-0.3, -0.25) is 0 Å². The van der Waals surface area contributed by atoms with Gasteiger partial charge < -0.3 is 0 Å².